The topological polar surface area (TPSA) is 81.4 Å². The molecule has 3 unspecified atom stereocenters. The Kier molecular flexibility index (Phi) is 6.53. The van der Waals surface area contributed by atoms with Crippen molar-refractivity contribution in [2.75, 3.05) is 6.61 Å². The van der Waals surface area contributed by atoms with Crippen LogP contribution in [0.25, 0.3) is 0 Å². The summed E-state index contributed by atoms with van der Waals surface area (Å²) in [4.78, 5) is 25.2. The van der Waals surface area contributed by atoms with Crippen molar-refractivity contribution in [2.24, 2.45) is 23.5 Å². The third kappa shape index (κ3) is 4.70. The third-order valence-electron chi connectivity index (χ3n) is 6.34. The maximum atomic E-state index is 13.1. The predicted molar refractivity (Wildman–Crippen MR) is 105 cm³/mol. The summed E-state index contributed by atoms with van der Waals surface area (Å²) in [6, 6.07) is 7.78. The number of aryl methyl sites for hydroxylation is 1. The van der Waals surface area contributed by atoms with Gasteiger partial charge in [0.15, 0.2) is 0 Å². The van der Waals surface area contributed by atoms with Crippen molar-refractivity contribution in [1.29, 1.82) is 0 Å². The van der Waals surface area contributed by atoms with E-state index in [4.69, 9.17) is 10.5 Å². The summed E-state index contributed by atoms with van der Waals surface area (Å²) in [5, 5.41) is 3.16. The first-order valence-corrected chi connectivity index (χ1v) is 10.3. The molecule has 0 spiro atoms. The van der Waals surface area contributed by atoms with E-state index < -0.39 is 0 Å². The lowest BCUT2D eigenvalue weighted by Crippen LogP contribution is -2.49. The molecule has 1 amide bonds. The van der Waals surface area contributed by atoms with Crippen molar-refractivity contribution in [1.82, 2.24) is 5.32 Å². The molecule has 3 atom stereocenters. The Labute approximate surface area is 162 Å². The minimum absolute atomic E-state index is 0.00573. The van der Waals surface area contributed by atoms with Crippen molar-refractivity contribution in [3.05, 3.63) is 35.4 Å². The molecule has 0 heterocycles. The van der Waals surface area contributed by atoms with Gasteiger partial charge in [-0.1, -0.05) is 30.7 Å². The van der Waals surface area contributed by atoms with Crippen LogP contribution in [0.5, 0.6) is 0 Å². The van der Waals surface area contributed by atoms with Crippen LogP contribution in [0, 0.1) is 24.7 Å². The van der Waals surface area contributed by atoms with Gasteiger partial charge in [0.2, 0.25) is 5.91 Å². The molecule has 1 aromatic rings. The molecule has 27 heavy (non-hydrogen) atoms. The minimum atomic E-state index is -0.354. The number of hydrogen-bond acceptors (Lipinski definition) is 4. The molecule has 1 aromatic carbocycles. The average molecular weight is 373 g/mol. The van der Waals surface area contributed by atoms with Gasteiger partial charge in [0, 0.05) is 12.0 Å². The summed E-state index contributed by atoms with van der Waals surface area (Å²) in [5.74, 6) is 0.671. The zero-order valence-electron chi connectivity index (χ0n) is 16.4. The third-order valence-corrected chi connectivity index (χ3v) is 6.34. The second-order valence-corrected chi connectivity index (χ2v) is 8.12. The van der Waals surface area contributed by atoms with Gasteiger partial charge >= 0.3 is 5.97 Å². The van der Waals surface area contributed by atoms with Gasteiger partial charge in [-0.15, -0.1) is 0 Å². The van der Waals surface area contributed by atoms with Crippen LogP contribution < -0.4 is 11.1 Å². The highest BCUT2D eigenvalue weighted by atomic mass is 16.5. The SMILES string of the molecule is CCOC(=O)CC(NC(=O)C1CC2CCCC(C1)C2N)c1ccccc1C. The maximum absolute atomic E-state index is 13.1. The average Bonchev–Trinajstić information content (AvgIpc) is 2.61. The summed E-state index contributed by atoms with van der Waals surface area (Å²) in [7, 11) is 0. The quantitative estimate of drug-likeness (QED) is 0.751. The fourth-order valence-electron chi connectivity index (χ4n) is 4.90. The first-order valence-electron chi connectivity index (χ1n) is 10.3. The van der Waals surface area contributed by atoms with Gasteiger partial charge in [0.25, 0.3) is 0 Å². The van der Waals surface area contributed by atoms with Crippen LogP contribution in [0.1, 0.15) is 62.6 Å². The van der Waals surface area contributed by atoms with Crippen molar-refractivity contribution in [2.45, 2.75) is 64.5 Å². The summed E-state index contributed by atoms with van der Waals surface area (Å²) >= 11 is 0. The highest BCUT2D eigenvalue weighted by molar-refractivity contribution is 5.80. The molecule has 2 aliphatic carbocycles. The van der Waals surface area contributed by atoms with Crippen molar-refractivity contribution >= 4 is 11.9 Å². The lowest BCUT2D eigenvalue weighted by atomic mass is 9.65. The summed E-state index contributed by atoms with van der Waals surface area (Å²) < 4.78 is 5.13. The lowest BCUT2D eigenvalue weighted by molar-refractivity contribution is -0.144. The normalized spacial score (nSPS) is 28.3. The number of ether oxygens (including phenoxy) is 1. The van der Waals surface area contributed by atoms with E-state index >= 15 is 0 Å². The fraction of sp³-hybridized carbons (Fsp3) is 0.636. The molecule has 3 N–H and O–H groups in total. The number of esters is 1. The summed E-state index contributed by atoms with van der Waals surface area (Å²) in [6.45, 7) is 4.14. The molecule has 2 saturated carbocycles. The highest BCUT2D eigenvalue weighted by Crippen LogP contribution is 2.42. The molecule has 2 aliphatic rings. The molecule has 0 aliphatic heterocycles. The van der Waals surface area contributed by atoms with E-state index in [0.29, 0.717) is 18.4 Å². The highest BCUT2D eigenvalue weighted by Gasteiger charge is 2.41. The van der Waals surface area contributed by atoms with Gasteiger partial charge in [-0.3, -0.25) is 9.59 Å². The van der Waals surface area contributed by atoms with Crippen LogP contribution in [0.15, 0.2) is 24.3 Å². The van der Waals surface area contributed by atoms with E-state index in [1.807, 2.05) is 31.2 Å². The molecular weight excluding hydrogens is 340 g/mol. The van der Waals surface area contributed by atoms with Crippen LogP contribution >= 0.6 is 0 Å². The summed E-state index contributed by atoms with van der Waals surface area (Å²) in [6.07, 6.45) is 5.37. The molecule has 0 saturated heterocycles. The van der Waals surface area contributed by atoms with E-state index in [9.17, 15) is 9.59 Å². The van der Waals surface area contributed by atoms with Crippen LogP contribution in [0.3, 0.4) is 0 Å². The Balaban J connectivity index is 1.72. The number of nitrogens with two attached hydrogens (primary N) is 1. The molecule has 2 fully saturated rings. The second kappa shape index (κ2) is 8.87. The Morgan fingerprint density at radius 1 is 1.22 bits per heavy atom. The first-order chi connectivity index (χ1) is 13.0. The van der Waals surface area contributed by atoms with Gasteiger partial charge in [0.05, 0.1) is 19.1 Å². The molecule has 148 valence electrons. The predicted octanol–water partition coefficient (Wildman–Crippen LogP) is 3.26. The van der Waals surface area contributed by atoms with Gasteiger partial charge in [0.1, 0.15) is 0 Å². The molecule has 0 aromatic heterocycles. The van der Waals surface area contributed by atoms with Gasteiger partial charge in [-0.05, 0) is 62.5 Å². The van der Waals surface area contributed by atoms with Crippen molar-refractivity contribution in [3.63, 3.8) is 0 Å². The first kappa shape index (κ1) is 19.9. The molecular formula is C22H32N2O3. The van der Waals surface area contributed by atoms with Crippen LogP contribution in [-0.2, 0) is 14.3 Å². The minimum Gasteiger partial charge on any atom is -0.466 e. The number of hydrogen-bond donors (Lipinski definition) is 2. The smallest absolute Gasteiger partial charge is 0.308 e. The van der Waals surface area contributed by atoms with E-state index in [1.54, 1.807) is 6.92 Å². The van der Waals surface area contributed by atoms with Crippen molar-refractivity contribution < 1.29 is 14.3 Å². The number of nitrogens with one attached hydrogen (secondary N) is 1. The van der Waals surface area contributed by atoms with E-state index in [2.05, 4.69) is 5.32 Å². The zero-order valence-corrected chi connectivity index (χ0v) is 16.4. The molecule has 2 bridgehead atoms. The number of amides is 1. The lowest BCUT2D eigenvalue weighted by Gasteiger charge is -2.43. The Morgan fingerprint density at radius 3 is 2.52 bits per heavy atom. The number of carbonyl (C=O) groups excluding carboxylic acids is 2. The van der Waals surface area contributed by atoms with Gasteiger partial charge < -0.3 is 15.8 Å². The molecule has 5 nitrogen and oxygen atoms in total. The number of rotatable bonds is 6. The molecule has 3 rings (SSSR count). The number of benzene rings is 1. The largest absolute Gasteiger partial charge is 0.466 e. The molecule has 5 heteroatoms. The standard InChI is InChI=1S/C22H32N2O3/c1-3-27-20(25)13-19(18-10-5-4-7-14(18)2)24-22(26)17-11-15-8-6-9-16(12-17)21(15)23/h4-5,7,10,15-17,19,21H,3,6,8-9,11-13,23H2,1-2H3,(H,24,26). The van der Waals surface area contributed by atoms with Gasteiger partial charge in [-0.25, -0.2) is 0 Å². The van der Waals surface area contributed by atoms with Crippen LogP contribution in [0.4, 0.5) is 0 Å². The van der Waals surface area contributed by atoms with E-state index in [0.717, 1.165) is 36.8 Å². The second-order valence-electron chi connectivity index (χ2n) is 8.12. The Hall–Kier alpha value is -1.88. The molecule has 0 radical (unpaired) electrons. The van der Waals surface area contributed by atoms with Crippen molar-refractivity contribution in [3.8, 4) is 0 Å². The zero-order chi connectivity index (χ0) is 19.4. The van der Waals surface area contributed by atoms with E-state index in [1.165, 1.54) is 6.42 Å². The number of fused-ring (bicyclic) bond motifs is 2. The summed E-state index contributed by atoms with van der Waals surface area (Å²) in [5.41, 5.74) is 8.41. The Morgan fingerprint density at radius 2 is 1.89 bits per heavy atom. The van der Waals surface area contributed by atoms with Crippen LogP contribution in [-0.4, -0.2) is 24.5 Å². The van der Waals surface area contributed by atoms with E-state index in [-0.39, 0.29) is 36.3 Å². The monoisotopic (exact) mass is 372 g/mol. The van der Waals surface area contributed by atoms with Gasteiger partial charge in [-0.2, -0.15) is 0 Å². The van der Waals surface area contributed by atoms with Crippen LogP contribution in [0.2, 0.25) is 0 Å². The fourth-order valence-corrected chi connectivity index (χ4v) is 4.90. The number of carbonyl (C=O) groups is 2. The maximum Gasteiger partial charge on any atom is 0.308 e. The Bertz CT molecular complexity index is 661.